The monoisotopic (exact) mass is 211 g/mol. The van der Waals surface area contributed by atoms with Gasteiger partial charge in [-0.2, -0.15) is 0 Å². The molecule has 0 saturated carbocycles. The van der Waals surface area contributed by atoms with Crippen molar-refractivity contribution >= 4 is 0 Å². The second-order valence-corrected chi connectivity index (χ2v) is 3.53. The Labute approximate surface area is 88.2 Å². The lowest BCUT2D eigenvalue weighted by Crippen LogP contribution is -2.19. The molecule has 1 aliphatic heterocycles. The van der Waals surface area contributed by atoms with Gasteiger partial charge >= 0.3 is 0 Å². The van der Waals surface area contributed by atoms with Gasteiger partial charge in [0.1, 0.15) is 11.9 Å². The number of hydrogen-bond acceptors (Lipinski definition) is 3. The lowest BCUT2D eigenvalue weighted by atomic mass is 10.3. The minimum absolute atomic E-state index is 0.181. The second-order valence-electron chi connectivity index (χ2n) is 3.53. The summed E-state index contributed by atoms with van der Waals surface area (Å²) >= 11 is 0. The van der Waals surface area contributed by atoms with E-state index in [0.29, 0.717) is 5.75 Å². The van der Waals surface area contributed by atoms with Gasteiger partial charge in [0.25, 0.3) is 0 Å². The van der Waals surface area contributed by atoms with Crippen LogP contribution in [0, 0.1) is 5.82 Å². The fraction of sp³-hybridized carbons (Fsp3) is 0.455. The Balaban J connectivity index is 2.07. The number of methoxy groups -OCH3 is 1. The molecule has 1 aliphatic rings. The summed E-state index contributed by atoms with van der Waals surface area (Å²) in [6.07, 6.45) is 1.17. The van der Waals surface area contributed by atoms with Crippen LogP contribution in [0.5, 0.6) is 11.5 Å². The third-order valence-corrected chi connectivity index (χ3v) is 2.44. The van der Waals surface area contributed by atoms with E-state index in [-0.39, 0.29) is 17.7 Å². The quantitative estimate of drug-likeness (QED) is 0.823. The van der Waals surface area contributed by atoms with E-state index in [1.165, 1.54) is 13.2 Å². The largest absolute Gasteiger partial charge is 0.494 e. The van der Waals surface area contributed by atoms with Crippen LogP contribution in [-0.2, 0) is 0 Å². The molecule has 0 aromatic heterocycles. The molecule has 1 aromatic carbocycles. The Kier molecular flexibility index (Phi) is 3.06. The van der Waals surface area contributed by atoms with Crippen molar-refractivity contribution in [3.05, 3.63) is 24.0 Å². The van der Waals surface area contributed by atoms with Crippen molar-refractivity contribution in [1.29, 1.82) is 0 Å². The van der Waals surface area contributed by atoms with E-state index < -0.39 is 0 Å². The maximum absolute atomic E-state index is 13.1. The van der Waals surface area contributed by atoms with E-state index >= 15 is 0 Å². The zero-order chi connectivity index (χ0) is 10.7. The SMILES string of the molecule is COc1cc(OC2CCNC2)ccc1F. The summed E-state index contributed by atoms with van der Waals surface area (Å²) in [5.41, 5.74) is 0. The van der Waals surface area contributed by atoms with Gasteiger partial charge in [0.05, 0.1) is 7.11 Å². The molecule has 1 saturated heterocycles. The summed E-state index contributed by atoms with van der Waals surface area (Å²) < 4.78 is 23.6. The van der Waals surface area contributed by atoms with Crippen LogP contribution in [-0.4, -0.2) is 26.3 Å². The number of rotatable bonds is 3. The van der Waals surface area contributed by atoms with Gasteiger partial charge < -0.3 is 14.8 Å². The van der Waals surface area contributed by atoms with Gasteiger partial charge in [-0.05, 0) is 25.1 Å². The van der Waals surface area contributed by atoms with Gasteiger partial charge in [0.15, 0.2) is 11.6 Å². The van der Waals surface area contributed by atoms with Crippen LogP contribution in [0.1, 0.15) is 6.42 Å². The van der Waals surface area contributed by atoms with Crippen molar-refractivity contribution in [2.24, 2.45) is 0 Å². The van der Waals surface area contributed by atoms with Crippen LogP contribution in [0.3, 0.4) is 0 Å². The smallest absolute Gasteiger partial charge is 0.165 e. The van der Waals surface area contributed by atoms with Crippen molar-refractivity contribution in [2.45, 2.75) is 12.5 Å². The van der Waals surface area contributed by atoms with E-state index in [4.69, 9.17) is 9.47 Å². The van der Waals surface area contributed by atoms with Gasteiger partial charge in [-0.15, -0.1) is 0 Å². The van der Waals surface area contributed by atoms with Gasteiger partial charge in [-0.1, -0.05) is 0 Å². The first-order valence-electron chi connectivity index (χ1n) is 5.00. The molecule has 0 spiro atoms. The van der Waals surface area contributed by atoms with E-state index in [1.807, 2.05) is 0 Å². The Morgan fingerprint density at radius 2 is 2.33 bits per heavy atom. The molecule has 1 N–H and O–H groups in total. The molecule has 0 amide bonds. The predicted octanol–water partition coefficient (Wildman–Crippen LogP) is 1.57. The molecule has 1 fully saturated rings. The molecule has 0 aliphatic carbocycles. The molecule has 3 nitrogen and oxygen atoms in total. The first-order valence-corrected chi connectivity index (χ1v) is 5.00. The molecule has 0 radical (unpaired) electrons. The van der Waals surface area contributed by atoms with E-state index in [9.17, 15) is 4.39 Å². The summed E-state index contributed by atoms with van der Waals surface area (Å²) in [5.74, 6) is 0.509. The van der Waals surface area contributed by atoms with Crippen LogP contribution in [0.2, 0.25) is 0 Å². The zero-order valence-corrected chi connectivity index (χ0v) is 8.63. The molecular weight excluding hydrogens is 197 g/mol. The van der Waals surface area contributed by atoms with Gasteiger partial charge in [0, 0.05) is 12.6 Å². The molecule has 1 atom stereocenters. The molecule has 15 heavy (non-hydrogen) atoms. The third kappa shape index (κ3) is 2.39. The maximum atomic E-state index is 13.1. The second kappa shape index (κ2) is 4.49. The summed E-state index contributed by atoms with van der Waals surface area (Å²) in [6.45, 7) is 1.82. The van der Waals surface area contributed by atoms with Crippen molar-refractivity contribution in [3.63, 3.8) is 0 Å². The van der Waals surface area contributed by atoms with E-state index in [1.54, 1.807) is 12.1 Å². The summed E-state index contributed by atoms with van der Waals surface area (Å²) in [5, 5.41) is 3.20. The minimum atomic E-state index is -0.366. The number of hydrogen-bond donors (Lipinski definition) is 1. The molecular formula is C11H14FNO2. The Hall–Kier alpha value is -1.29. The van der Waals surface area contributed by atoms with Gasteiger partial charge in [0.2, 0.25) is 0 Å². The highest BCUT2D eigenvalue weighted by atomic mass is 19.1. The van der Waals surface area contributed by atoms with Crippen molar-refractivity contribution in [1.82, 2.24) is 5.32 Å². The first-order chi connectivity index (χ1) is 7.29. The highest BCUT2D eigenvalue weighted by Gasteiger charge is 2.16. The Morgan fingerprint density at radius 1 is 1.47 bits per heavy atom. The summed E-state index contributed by atoms with van der Waals surface area (Å²) in [6, 6.07) is 4.56. The fourth-order valence-electron chi connectivity index (χ4n) is 1.63. The first kappa shape index (κ1) is 10.2. The number of nitrogens with one attached hydrogen (secondary N) is 1. The van der Waals surface area contributed by atoms with E-state index in [0.717, 1.165) is 19.5 Å². The molecule has 1 unspecified atom stereocenters. The molecule has 4 heteroatoms. The van der Waals surface area contributed by atoms with Crippen LogP contribution in [0.25, 0.3) is 0 Å². The van der Waals surface area contributed by atoms with Crippen LogP contribution >= 0.6 is 0 Å². The van der Waals surface area contributed by atoms with Gasteiger partial charge in [-0.25, -0.2) is 4.39 Å². The van der Waals surface area contributed by atoms with Crippen molar-refractivity contribution in [2.75, 3.05) is 20.2 Å². The number of halogens is 1. The summed E-state index contributed by atoms with van der Waals surface area (Å²) in [4.78, 5) is 0. The van der Waals surface area contributed by atoms with Crippen LogP contribution in [0.4, 0.5) is 4.39 Å². The van der Waals surface area contributed by atoms with Crippen molar-refractivity contribution < 1.29 is 13.9 Å². The lowest BCUT2D eigenvalue weighted by Gasteiger charge is -2.13. The topological polar surface area (TPSA) is 30.5 Å². The highest BCUT2D eigenvalue weighted by molar-refractivity contribution is 5.34. The van der Waals surface area contributed by atoms with E-state index in [2.05, 4.69) is 5.32 Å². The average Bonchev–Trinajstić information content (AvgIpc) is 2.73. The summed E-state index contributed by atoms with van der Waals surface area (Å²) in [7, 11) is 1.44. The van der Waals surface area contributed by atoms with Crippen LogP contribution < -0.4 is 14.8 Å². The standard InChI is InChI=1S/C11H14FNO2/c1-14-11-6-8(2-3-10(11)12)15-9-4-5-13-7-9/h2-3,6,9,13H,4-5,7H2,1H3. The Morgan fingerprint density at radius 3 is 3.00 bits per heavy atom. The van der Waals surface area contributed by atoms with Crippen molar-refractivity contribution in [3.8, 4) is 11.5 Å². The maximum Gasteiger partial charge on any atom is 0.165 e. The minimum Gasteiger partial charge on any atom is -0.494 e. The zero-order valence-electron chi connectivity index (χ0n) is 8.63. The normalized spacial score (nSPS) is 20.3. The molecule has 2 rings (SSSR count). The number of benzene rings is 1. The fourth-order valence-corrected chi connectivity index (χ4v) is 1.63. The average molecular weight is 211 g/mol. The number of ether oxygens (including phenoxy) is 2. The molecule has 1 aromatic rings. The highest BCUT2D eigenvalue weighted by Crippen LogP contribution is 2.24. The third-order valence-electron chi connectivity index (χ3n) is 2.44. The molecule has 82 valence electrons. The van der Waals surface area contributed by atoms with Gasteiger partial charge in [-0.3, -0.25) is 0 Å². The Bertz CT molecular complexity index is 337. The molecule has 0 bridgehead atoms. The van der Waals surface area contributed by atoms with Crippen LogP contribution in [0.15, 0.2) is 18.2 Å². The lowest BCUT2D eigenvalue weighted by molar-refractivity contribution is 0.221. The molecule has 1 heterocycles. The predicted molar refractivity (Wildman–Crippen MR) is 54.9 cm³/mol.